The highest BCUT2D eigenvalue weighted by Gasteiger charge is 2.34. The first-order valence-corrected chi connectivity index (χ1v) is 13.1. The molecule has 0 bridgehead atoms. The Morgan fingerprint density at radius 3 is 2.45 bits per heavy atom. The van der Waals surface area contributed by atoms with Gasteiger partial charge in [-0.2, -0.15) is 27.1 Å². The molecule has 0 fully saturated rings. The van der Waals surface area contributed by atoms with Crippen LogP contribution in [0.4, 0.5) is 26.3 Å². The van der Waals surface area contributed by atoms with Crippen LogP contribution in [0.15, 0.2) is 73.3 Å². The van der Waals surface area contributed by atoms with Gasteiger partial charge in [0, 0.05) is 28.5 Å². The van der Waals surface area contributed by atoms with Gasteiger partial charge in [-0.1, -0.05) is 28.9 Å². The van der Waals surface area contributed by atoms with Gasteiger partial charge in [0.15, 0.2) is 5.69 Å². The third-order valence-electron chi connectivity index (χ3n) is 6.56. The minimum Gasteiger partial charge on any atom is -0.366 e. The Bertz CT molecular complexity index is 1790. The number of amides is 1. The van der Waals surface area contributed by atoms with Crippen LogP contribution in [0, 0.1) is 5.82 Å². The van der Waals surface area contributed by atoms with Crippen LogP contribution in [0.25, 0.3) is 28.1 Å². The molecule has 0 radical (unpaired) electrons. The predicted octanol–water partition coefficient (Wildman–Crippen LogP) is 6.32. The van der Waals surface area contributed by atoms with Crippen molar-refractivity contribution >= 4 is 17.5 Å². The number of hydrogen-bond acceptors (Lipinski definition) is 6. The lowest BCUT2D eigenvalue weighted by atomic mass is 10.0. The van der Waals surface area contributed by atoms with E-state index in [1.165, 1.54) is 47.4 Å². The number of alkyl halides is 5. The van der Waals surface area contributed by atoms with Gasteiger partial charge in [-0.3, -0.25) is 14.5 Å². The van der Waals surface area contributed by atoms with Crippen molar-refractivity contribution in [2.45, 2.75) is 25.3 Å². The second kappa shape index (κ2) is 12.5. The number of ether oxygens (including phenoxy) is 1. The Morgan fingerprint density at radius 1 is 1.02 bits per heavy atom. The van der Waals surface area contributed by atoms with E-state index in [4.69, 9.17) is 17.3 Å². The number of nitrogens with two attached hydrogens (primary N) is 1. The van der Waals surface area contributed by atoms with E-state index in [1.54, 1.807) is 18.3 Å². The maximum absolute atomic E-state index is 14.4. The first kappa shape index (κ1) is 30.7. The number of aromatic nitrogens is 6. The molecule has 0 spiro atoms. The van der Waals surface area contributed by atoms with Gasteiger partial charge in [0.2, 0.25) is 0 Å². The van der Waals surface area contributed by atoms with E-state index in [9.17, 15) is 31.1 Å². The van der Waals surface area contributed by atoms with Gasteiger partial charge in [0.1, 0.15) is 5.82 Å². The van der Waals surface area contributed by atoms with Gasteiger partial charge in [0.05, 0.1) is 42.0 Å². The molecule has 5 aromatic rings. The molecule has 16 heteroatoms. The van der Waals surface area contributed by atoms with Gasteiger partial charge in [0.25, 0.3) is 5.91 Å². The number of carbonyl (C=O) groups is 1. The molecule has 0 aliphatic carbocycles. The topological polar surface area (TPSA) is 114 Å². The summed E-state index contributed by atoms with van der Waals surface area (Å²) in [5.74, 6) is -1.73. The highest BCUT2D eigenvalue weighted by molar-refractivity contribution is 6.31. The molecule has 2 N–H and O–H groups in total. The quantitative estimate of drug-likeness (QED) is 0.180. The fourth-order valence-electron chi connectivity index (χ4n) is 4.46. The first-order valence-electron chi connectivity index (χ1n) is 12.7. The van der Waals surface area contributed by atoms with Crippen molar-refractivity contribution in [1.82, 2.24) is 29.8 Å². The van der Waals surface area contributed by atoms with Gasteiger partial charge in [-0.25, -0.2) is 9.07 Å². The smallest absolute Gasteiger partial charge is 0.366 e. The lowest BCUT2D eigenvalue weighted by molar-refractivity contribution is -0.141. The molecule has 44 heavy (non-hydrogen) atoms. The molecule has 1 amide bonds. The van der Waals surface area contributed by atoms with Gasteiger partial charge in [-0.05, 0) is 53.9 Å². The highest BCUT2D eigenvalue weighted by Crippen LogP contribution is 2.33. The normalized spacial score (nSPS) is 12.5. The van der Waals surface area contributed by atoms with Crippen molar-refractivity contribution in [1.29, 1.82) is 0 Å². The summed E-state index contributed by atoms with van der Waals surface area (Å²) in [4.78, 5) is 15.8. The lowest BCUT2D eigenvalue weighted by Crippen LogP contribution is -2.15. The molecule has 2 aromatic carbocycles. The minimum absolute atomic E-state index is 0.0447. The number of hydrogen-bond donors (Lipinski definition) is 1. The third-order valence-corrected chi connectivity index (χ3v) is 6.80. The molecule has 0 saturated carbocycles. The summed E-state index contributed by atoms with van der Waals surface area (Å²) in [7, 11) is 0. The van der Waals surface area contributed by atoms with Crippen LogP contribution < -0.4 is 5.73 Å². The Labute approximate surface area is 249 Å². The molecule has 9 nitrogen and oxygen atoms in total. The summed E-state index contributed by atoms with van der Waals surface area (Å²) in [6.07, 6.45) is 0.552. The molecule has 1 atom stereocenters. The molecular formula is C28H20ClF6N7O2. The first-order chi connectivity index (χ1) is 20.9. The number of nitrogens with zero attached hydrogens (tertiary/aromatic N) is 6. The summed E-state index contributed by atoms with van der Waals surface area (Å²) in [6, 6.07) is 10.9. The number of halogens is 7. The van der Waals surface area contributed by atoms with E-state index >= 15 is 0 Å². The van der Waals surface area contributed by atoms with Crippen LogP contribution in [0.2, 0.25) is 5.02 Å². The fraction of sp³-hybridized carbons (Fsp3) is 0.179. The lowest BCUT2D eigenvalue weighted by Gasteiger charge is -2.18. The van der Waals surface area contributed by atoms with Gasteiger partial charge >= 0.3 is 12.8 Å². The van der Waals surface area contributed by atoms with Crippen molar-refractivity contribution in [3.8, 4) is 28.1 Å². The molecule has 228 valence electrons. The Balaban J connectivity index is 1.47. The summed E-state index contributed by atoms with van der Waals surface area (Å²) in [6.45, 7) is -3.33. The average Bonchev–Trinajstić information content (AvgIpc) is 3.66. The molecular weight excluding hydrogens is 616 g/mol. The molecule has 1 unspecified atom stereocenters. The van der Waals surface area contributed by atoms with E-state index in [-0.39, 0.29) is 29.3 Å². The standard InChI is InChI=1S/C28H20ClF6N7O2/c29-18-3-6-24(42-14-25(39-40-42)28(33,34)35)20(10-18)22-5-2-16(11-37-22)23(7-8-44-27(31)32)41-13-17(12-38-41)15-1-4-19(26(36)43)21(30)9-15/h1-6,9-14,23,27H,7-8H2,(H2,36,43). The largest absolute Gasteiger partial charge is 0.436 e. The summed E-state index contributed by atoms with van der Waals surface area (Å²) in [5, 5.41) is 11.4. The van der Waals surface area contributed by atoms with Gasteiger partial charge in [-0.15, -0.1) is 5.10 Å². The van der Waals surface area contributed by atoms with Crippen LogP contribution in [0.5, 0.6) is 0 Å². The SMILES string of the molecule is NC(=O)c1ccc(-c2cnn(C(CCOC(F)F)c3ccc(-c4cc(Cl)ccc4-n4cc(C(F)(F)F)nn4)nc3)c2)cc1F. The Kier molecular flexibility index (Phi) is 8.69. The van der Waals surface area contributed by atoms with Crippen LogP contribution in [0.3, 0.4) is 0 Å². The van der Waals surface area contributed by atoms with Crippen LogP contribution >= 0.6 is 11.6 Å². The summed E-state index contributed by atoms with van der Waals surface area (Å²) in [5.41, 5.74) is 6.01. The number of primary amides is 1. The Hall–Kier alpha value is -4.76. The molecule has 5 rings (SSSR count). The van der Waals surface area contributed by atoms with Crippen molar-refractivity contribution in [3.05, 3.63) is 101 Å². The minimum atomic E-state index is -4.69. The van der Waals surface area contributed by atoms with Crippen molar-refractivity contribution in [2.75, 3.05) is 6.61 Å². The van der Waals surface area contributed by atoms with Crippen LogP contribution in [0.1, 0.15) is 34.1 Å². The van der Waals surface area contributed by atoms with E-state index < -0.39 is 36.2 Å². The zero-order chi connectivity index (χ0) is 31.6. The number of pyridine rings is 1. The van der Waals surface area contributed by atoms with E-state index in [0.717, 1.165) is 16.9 Å². The molecule has 0 aliphatic heterocycles. The molecule has 3 heterocycles. The van der Waals surface area contributed by atoms with Crippen molar-refractivity contribution in [3.63, 3.8) is 0 Å². The number of carbonyl (C=O) groups excluding carboxylic acids is 1. The maximum Gasteiger partial charge on any atom is 0.436 e. The monoisotopic (exact) mass is 635 g/mol. The fourth-order valence-corrected chi connectivity index (χ4v) is 4.63. The van der Waals surface area contributed by atoms with E-state index in [2.05, 4.69) is 25.1 Å². The van der Waals surface area contributed by atoms with Crippen LogP contribution in [-0.4, -0.2) is 48.9 Å². The zero-order valence-electron chi connectivity index (χ0n) is 22.2. The average molecular weight is 636 g/mol. The summed E-state index contributed by atoms with van der Waals surface area (Å²) >= 11 is 6.18. The predicted molar refractivity (Wildman–Crippen MR) is 145 cm³/mol. The molecule has 0 saturated heterocycles. The third kappa shape index (κ3) is 6.73. The summed E-state index contributed by atoms with van der Waals surface area (Å²) < 4.78 is 86.1. The van der Waals surface area contributed by atoms with Crippen molar-refractivity contribution < 1.29 is 35.9 Å². The van der Waals surface area contributed by atoms with E-state index in [1.807, 2.05) is 0 Å². The van der Waals surface area contributed by atoms with Crippen LogP contribution in [-0.2, 0) is 10.9 Å². The molecule has 0 aliphatic rings. The zero-order valence-corrected chi connectivity index (χ0v) is 23.0. The maximum atomic E-state index is 14.4. The Morgan fingerprint density at radius 2 is 1.82 bits per heavy atom. The second-order valence-corrected chi connectivity index (χ2v) is 9.82. The molecule has 3 aromatic heterocycles. The number of rotatable bonds is 10. The van der Waals surface area contributed by atoms with Crippen molar-refractivity contribution in [2.24, 2.45) is 5.73 Å². The number of benzene rings is 2. The second-order valence-electron chi connectivity index (χ2n) is 9.39. The van der Waals surface area contributed by atoms with E-state index in [0.29, 0.717) is 27.9 Å². The van der Waals surface area contributed by atoms with Gasteiger partial charge < -0.3 is 10.5 Å². The highest BCUT2D eigenvalue weighted by atomic mass is 35.5.